The number of likely N-dealkylation sites (N-methyl/N-ethyl adjacent to an activating group) is 2. The second-order valence-corrected chi connectivity index (χ2v) is 5.22. The summed E-state index contributed by atoms with van der Waals surface area (Å²) in [5.41, 5.74) is 0. The Bertz CT molecular complexity index is 340. The van der Waals surface area contributed by atoms with Gasteiger partial charge in [-0.05, 0) is 38.8 Å². The fraction of sp³-hybridized carbons (Fsp3) is 0.769. The lowest BCUT2D eigenvalue weighted by Crippen LogP contribution is -2.47. The number of rotatable bonds is 2. The number of hydrogen-bond acceptors (Lipinski definition) is 4. The van der Waals surface area contributed by atoms with Crippen molar-refractivity contribution in [3.05, 3.63) is 11.9 Å². The number of likely N-dealkylation sites (tertiary alicyclic amines) is 1. The van der Waals surface area contributed by atoms with E-state index in [9.17, 15) is 0 Å². The first-order valence-electron chi connectivity index (χ1n) is 6.54. The zero-order chi connectivity index (χ0) is 12.4. The highest BCUT2D eigenvalue weighted by Crippen LogP contribution is 2.22. The van der Waals surface area contributed by atoms with Crippen molar-refractivity contribution in [2.24, 2.45) is 10.9 Å². The summed E-state index contributed by atoms with van der Waals surface area (Å²) in [5.74, 6) is 3.01. The molecule has 2 aliphatic heterocycles. The molecule has 1 N–H and O–H groups in total. The molecule has 2 heterocycles. The first kappa shape index (κ1) is 15.8. The molecule has 2 rings (SSSR count). The van der Waals surface area contributed by atoms with Gasteiger partial charge in [0.05, 0.1) is 0 Å². The molecule has 0 aromatic carbocycles. The molecule has 0 saturated carbocycles. The molecule has 0 spiro atoms. The van der Waals surface area contributed by atoms with E-state index in [1.165, 1.54) is 12.8 Å². The van der Waals surface area contributed by atoms with Crippen LogP contribution in [0.15, 0.2) is 16.9 Å². The molecule has 2 unspecified atom stereocenters. The number of nitrogens with zero attached hydrogens (tertiary/aromatic N) is 3. The molecule has 1 fully saturated rings. The summed E-state index contributed by atoms with van der Waals surface area (Å²) in [6, 6.07) is 0. The summed E-state index contributed by atoms with van der Waals surface area (Å²) in [6.07, 6.45) is 5.12. The van der Waals surface area contributed by atoms with E-state index in [4.69, 9.17) is 4.99 Å². The lowest BCUT2D eigenvalue weighted by Gasteiger charge is -2.37. The van der Waals surface area contributed by atoms with E-state index < -0.39 is 0 Å². The highest BCUT2D eigenvalue weighted by atomic mass is 127. The van der Waals surface area contributed by atoms with Crippen molar-refractivity contribution in [3.63, 3.8) is 0 Å². The molecule has 2 atom stereocenters. The minimum atomic E-state index is 0. The largest absolute Gasteiger partial charge is 0.356 e. The Kier molecular flexibility index (Phi) is 5.91. The summed E-state index contributed by atoms with van der Waals surface area (Å²) in [6.45, 7) is 6.69. The Hall–Kier alpha value is -0.300. The van der Waals surface area contributed by atoms with Crippen LogP contribution in [0, 0.1) is 5.92 Å². The zero-order valence-corrected chi connectivity index (χ0v) is 14.1. The van der Waals surface area contributed by atoms with Crippen LogP contribution in [0.5, 0.6) is 0 Å². The Labute approximate surface area is 128 Å². The molecule has 0 amide bonds. The van der Waals surface area contributed by atoms with Crippen LogP contribution in [0.25, 0.3) is 0 Å². The minimum Gasteiger partial charge on any atom is -0.356 e. The summed E-state index contributed by atoms with van der Waals surface area (Å²) in [4.78, 5) is 9.30. The predicted octanol–water partition coefficient (Wildman–Crippen LogP) is 2.09. The third kappa shape index (κ3) is 3.38. The van der Waals surface area contributed by atoms with E-state index >= 15 is 0 Å². The van der Waals surface area contributed by atoms with Crippen molar-refractivity contribution in [1.82, 2.24) is 15.1 Å². The molecular weight excluding hydrogens is 339 g/mol. The molecule has 0 aromatic heterocycles. The number of aliphatic imine (C=N–C) groups is 1. The van der Waals surface area contributed by atoms with E-state index in [0.29, 0.717) is 0 Å². The summed E-state index contributed by atoms with van der Waals surface area (Å²) < 4.78 is 0. The lowest BCUT2D eigenvalue weighted by atomic mass is 10.0. The quantitative estimate of drug-likeness (QED) is 0.762. The molecular formula is C13H25IN4. The van der Waals surface area contributed by atoms with Gasteiger partial charge in [0.1, 0.15) is 17.8 Å². The van der Waals surface area contributed by atoms with Crippen LogP contribution in [-0.2, 0) is 0 Å². The van der Waals surface area contributed by atoms with Crippen LogP contribution in [0.4, 0.5) is 0 Å². The molecule has 0 radical (unpaired) electrons. The average Bonchev–Trinajstić information content (AvgIpc) is 2.32. The number of halogens is 1. The van der Waals surface area contributed by atoms with Crippen molar-refractivity contribution in [3.8, 4) is 0 Å². The predicted molar refractivity (Wildman–Crippen MR) is 87.2 cm³/mol. The first-order chi connectivity index (χ1) is 8.11. The summed E-state index contributed by atoms with van der Waals surface area (Å²) >= 11 is 0. The summed E-state index contributed by atoms with van der Waals surface area (Å²) in [7, 11) is 4.07. The average molecular weight is 364 g/mol. The van der Waals surface area contributed by atoms with Crippen molar-refractivity contribution in [2.75, 3.05) is 27.2 Å². The van der Waals surface area contributed by atoms with Gasteiger partial charge in [-0.2, -0.15) is 0 Å². The lowest BCUT2D eigenvalue weighted by molar-refractivity contribution is 0.220. The summed E-state index contributed by atoms with van der Waals surface area (Å²) in [5, 5.41) is 3.31. The van der Waals surface area contributed by atoms with Gasteiger partial charge in [-0.1, -0.05) is 6.92 Å². The SMILES string of the molecule is CNC1C=C(N2CCCC(C)C2)N=C(C)N1C.I. The maximum atomic E-state index is 4.71. The van der Waals surface area contributed by atoms with Crippen molar-refractivity contribution in [2.45, 2.75) is 32.9 Å². The second kappa shape index (κ2) is 6.75. The molecule has 0 bridgehead atoms. The Morgan fingerprint density at radius 3 is 2.78 bits per heavy atom. The van der Waals surface area contributed by atoms with Crippen molar-refractivity contribution >= 4 is 29.8 Å². The molecule has 0 aliphatic carbocycles. The number of amidine groups is 1. The van der Waals surface area contributed by atoms with Gasteiger partial charge in [0.2, 0.25) is 0 Å². The molecule has 0 aromatic rings. The molecule has 5 heteroatoms. The Balaban J connectivity index is 0.00000162. The topological polar surface area (TPSA) is 30.9 Å². The maximum Gasteiger partial charge on any atom is 0.129 e. The first-order valence-corrected chi connectivity index (χ1v) is 6.54. The van der Waals surface area contributed by atoms with Gasteiger partial charge >= 0.3 is 0 Å². The molecule has 4 nitrogen and oxygen atoms in total. The van der Waals surface area contributed by atoms with Gasteiger partial charge < -0.3 is 9.80 Å². The van der Waals surface area contributed by atoms with E-state index in [2.05, 4.69) is 42.1 Å². The Morgan fingerprint density at radius 2 is 2.17 bits per heavy atom. The second-order valence-electron chi connectivity index (χ2n) is 5.22. The van der Waals surface area contributed by atoms with Gasteiger partial charge in [0.25, 0.3) is 0 Å². The third-order valence-corrected chi connectivity index (χ3v) is 3.79. The number of nitrogens with one attached hydrogen (secondary N) is 1. The van der Waals surface area contributed by atoms with Crippen LogP contribution in [-0.4, -0.2) is 49.0 Å². The van der Waals surface area contributed by atoms with Gasteiger partial charge in [-0.25, -0.2) is 4.99 Å². The highest BCUT2D eigenvalue weighted by molar-refractivity contribution is 14.0. The molecule has 104 valence electrons. The molecule has 18 heavy (non-hydrogen) atoms. The van der Waals surface area contributed by atoms with E-state index in [-0.39, 0.29) is 30.1 Å². The van der Waals surface area contributed by atoms with Crippen LogP contribution in [0.2, 0.25) is 0 Å². The van der Waals surface area contributed by atoms with Gasteiger partial charge in [-0.3, -0.25) is 5.32 Å². The van der Waals surface area contributed by atoms with Gasteiger partial charge in [0.15, 0.2) is 0 Å². The highest BCUT2D eigenvalue weighted by Gasteiger charge is 2.23. The number of piperidine rings is 1. The fourth-order valence-corrected chi connectivity index (χ4v) is 2.59. The third-order valence-electron chi connectivity index (χ3n) is 3.79. The van der Waals surface area contributed by atoms with Gasteiger partial charge in [-0.15, -0.1) is 24.0 Å². The van der Waals surface area contributed by atoms with E-state index in [1.807, 2.05) is 7.05 Å². The Morgan fingerprint density at radius 1 is 1.44 bits per heavy atom. The fourth-order valence-electron chi connectivity index (χ4n) is 2.59. The van der Waals surface area contributed by atoms with E-state index in [0.717, 1.165) is 30.7 Å². The van der Waals surface area contributed by atoms with Crippen LogP contribution in [0.3, 0.4) is 0 Å². The molecule has 1 saturated heterocycles. The van der Waals surface area contributed by atoms with Crippen LogP contribution in [0.1, 0.15) is 26.7 Å². The monoisotopic (exact) mass is 364 g/mol. The van der Waals surface area contributed by atoms with Crippen LogP contribution < -0.4 is 5.32 Å². The number of hydrogen-bond donors (Lipinski definition) is 1. The smallest absolute Gasteiger partial charge is 0.129 e. The zero-order valence-electron chi connectivity index (χ0n) is 11.8. The van der Waals surface area contributed by atoms with Crippen molar-refractivity contribution in [1.29, 1.82) is 0 Å². The maximum absolute atomic E-state index is 4.71. The van der Waals surface area contributed by atoms with Gasteiger partial charge in [0, 0.05) is 20.1 Å². The molecule has 2 aliphatic rings. The normalized spacial score (nSPS) is 28.4. The van der Waals surface area contributed by atoms with E-state index in [1.54, 1.807) is 0 Å². The van der Waals surface area contributed by atoms with Crippen LogP contribution >= 0.6 is 24.0 Å². The van der Waals surface area contributed by atoms with Crippen molar-refractivity contribution < 1.29 is 0 Å². The standard InChI is InChI=1S/C13H24N4.HI/c1-10-6-5-7-17(9-10)13-8-12(14-3)16(4)11(2)15-13;/h8,10,12,14H,5-7,9H2,1-4H3;1H. The minimum absolute atomic E-state index is 0.